The largest absolute Gasteiger partial charge is 0.389 e. The normalized spacial score (nSPS) is 16.3. The number of aliphatic hydroxyl groups is 1. The molecule has 1 atom stereocenters. The molecule has 1 aliphatic rings. The Hall–Kier alpha value is -3.45. The van der Waals surface area contributed by atoms with Gasteiger partial charge in [0.05, 0.1) is 12.6 Å². The number of aromatic nitrogens is 2. The average Bonchev–Trinajstić information content (AvgIpc) is 3.15. The van der Waals surface area contributed by atoms with Gasteiger partial charge in [-0.25, -0.2) is 0 Å². The first-order chi connectivity index (χ1) is 14.5. The number of aliphatic hydroxyl groups excluding tert-OH is 1. The van der Waals surface area contributed by atoms with Gasteiger partial charge in [0.25, 0.3) is 11.8 Å². The zero-order valence-corrected chi connectivity index (χ0v) is 16.7. The summed E-state index contributed by atoms with van der Waals surface area (Å²) in [5, 5.41) is 19.7. The molecule has 154 valence electrons. The van der Waals surface area contributed by atoms with E-state index in [2.05, 4.69) is 22.7 Å². The van der Waals surface area contributed by atoms with Crippen LogP contribution in [0.3, 0.4) is 0 Å². The lowest BCUT2D eigenvalue weighted by atomic mass is 9.76. The van der Waals surface area contributed by atoms with E-state index in [1.807, 2.05) is 60.7 Å². The molecule has 0 aliphatic carbocycles. The van der Waals surface area contributed by atoms with E-state index in [-0.39, 0.29) is 36.3 Å². The van der Waals surface area contributed by atoms with Crippen molar-refractivity contribution in [2.45, 2.75) is 25.0 Å². The van der Waals surface area contributed by atoms with Crippen molar-refractivity contribution in [1.29, 1.82) is 0 Å². The number of hydrogen-bond donors (Lipinski definition) is 3. The number of benzene rings is 2. The summed E-state index contributed by atoms with van der Waals surface area (Å²) in [5.74, 6) is -0.715. The minimum absolute atomic E-state index is 0.151. The number of β-amino-alcohol motifs (C(OH)–C–C–N with tert-alkyl or cyclic N) is 1. The van der Waals surface area contributed by atoms with Gasteiger partial charge in [-0.1, -0.05) is 60.7 Å². The molecule has 2 heterocycles. The Labute approximate surface area is 174 Å². The Bertz CT molecular complexity index is 1010. The van der Waals surface area contributed by atoms with E-state index in [4.69, 9.17) is 0 Å². The molecule has 0 saturated carbocycles. The van der Waals surface area contributed by atoms with E-state index in [0.717, 1.165) is 11.1 Å². The Morgan fingerprint density at radius 3 is 2.37 bits per heavy atom. The number of amides is 2. The molecule has 3 aromatic rings. The molecule has 2 amide bonds. The van der Waals surface area contributed by atoms with Crippen molar-refractivity contribution in [2.24, 2.45) is 0 Å². The number of hydrogen-bond acceptors (Lipinski definition) is 4. The van der Waals surface area contributed by atoms with Crippen LogP contribution in [-0.4, -0.2) is 45.9 Å². The quantitative estimate of drug-likeness (QED) is 0.603. The predicted molar refractivity (Wildman–Crippen MR) is 112 cm³/mol. The van der Waals surface area contributed by atoms with Gasteiger partial charge in [-0.15, -0.1) is 0 Å². The first kappa shape index (κ1) is 19.8. The topological polar surface area (TPSA) is 96.2 Å². The molecule has 7 heteroatoms. The zero-order valence-electron chi connectivity index (χ0n) is 16.7. The van der Waals surface area contributed by atoms with E-state index < -0.39 is 11.5 Å². The highest BCUT2D eigenvalue weighted by Crippen LogP contribution is 2.31. The molecule has 2 aromatic carbocycles. The number of nitrogens with zero attached hydrogens (tertiary/aromatic N) is 2. The number of rotatable bonds is 5. The van der Waals surface area contributed by atoms with E-state index >= 15 is 0 Å². The van der Waals surface area contributed by atoms with Gasteiger partial charge < -0.3 is 15.7 Å². The lowest BCUT2D eigenvalue weighted by molar-refractivity contribution is 0.0931. The van der Waals surface area contributed by atoms with Crippen molar-refractivity contribution in [3.63, 3.8) is 0 Å². The molecule has 0 fully saturated rings. The summed E-state index contributed by atoms with van der Waals surface area (Å²) in [4.78, 5) is 25.0. The number of carbonyl (C=O) groups excluding carboxylic acids is 2. The second-order valence-corrected chi connectivity index (χ2v) is 7.71. The Morgan fingerprint density at radius 1 is 1.17 bits per heavy atom. The third kappa shape index (κ3) is 3.84. The summed E-state index contributed by atoms with van der Waals surface area (Å²) >= 11 is 0. The van der Waals surface area contributed by atoms with Crippen molar-refractivity contribution in [2.75, 3.05) is 13.1 Å². The first-order valence-electron chi connectivity index (χ1n) is 9.91. The number of nitrogens with one attached hydrogen (secondary N) is 2. The molecule has 1 aromatic heterocycles. The fraction of sp³-hybridized carbons (Fsp3) is 0.261. The van der Waals surface area contributed by atoms with Crippen molar-refractivity contribution >= 4 is 11.8 Å². The number of fused-ring (bicyclic) bond motifs is 1. The molecule has 7 nitrogen and oxygen atoms in total. The molecule has 3 N–H and O–H groups in total. The van der Waals surface area contributed by atoms with Crippen LogP contribution in [-0.2, 0) is 12.0 Å². The predicted octanol–water partition coefficient (Wildman–Crippen LogP) is 1.72. The number of carbonyl (C=O) groups is 2. The molecular formula is C23H24N4O3. The van der Waals surface area contributed by atoms with Crippen LogP contribution >= 0.6 is 0 Å². The minimum atomic E-state index is -0.745. The van der Waals surface area contributed by atoms with Crippen LogP contribution in [0.2, 0.25) is 0 Å². The molecule has 0 radical (unpaired) electrons. The zero-order chi connectivity index (χ0) is 21.1. The van der Waals surface area contributed by atoms with Gasteiger partial charge in [0.15, 0.2) is 5.69 Å². The molecular weight excluding hydrogens is 380 g/mol. The monoisotopic (exact) mass is 404 g/mol. The second kappa shape index (κ2) is 8.12. The van der Waals surface area contributed by atoms with Gasteiger partial charge in [0.1, 0.15) is 5.69 Å². The van der Waals surface area contributed by atoms with Gasteiger partial charge in [0.2, 0.25) is 0 Å². The Balaban J connectivity index is 1.58. The van der Waals surface area contributed by atoms with Crippen molar-refractivity contribution in [3.8, 4) is 0 Å². The van der Waals surface area contributed by atoms with E-state index in [1.165, 1.54) is 10.7 Å². The molecule has 0 bridgehead atoms. The highest BCUT2D eigenvalue weighted by atomic mass is 16.3. The third-order valence-electron chi connectivity index (χ3n) is 5.55. The SMILES string of the molecule is CC(CNC(=O)c1cc2n(n1)CC(O)CNC2=O)(c1ccccc1)c1ccccc1. The fourth-order valence-corrected chi connectivity index (χ4v) is 3.75. The first-order valence-corrected chi connectivity index (χ1v) is 9.91. The summed E-state index contributed by atoms with van der Waals surface area (Å²) in [6.07, 6.45) is -0.745. The molecule has 1 unspecified atom stereocenters. The van der Waals surface area contributed by atoms with E-state index in [1.54, 1.807) is 0 Å². The van der Waals surface area contributed by atoms with Crippen LogP contribution in [0.4, 0.5) is 0 Å². The van der Waals surface area contributed by atoms with E-state index in [9.17, 15) is 14.7 Å². The standard InChI is InChI=1S/C23H24N4O3/c1-23(16-8-4-2-5-9-16,17-10-6-3-7-11-17)15-25-21(29)19-12-20-22(30)24-13-18(28)14-27(20)26-19/h2-12,18,28H,13-15H2,1H3,(H,24,30)(H,25,29). The van der Waals surface area contributed by atoms with Crippen LogP contribution in [0.25, 0.3) is 0 Å². The average molecular weight is 404 g/mol. The smallest absolute Gasteiger partial charge is 0.271 e. The second-order valence-electron chi connectivity index (χ2n) is 7.71. The third-order valence-corrected chi connectivity index (χ3v) is 5.55. The van der Waals surface area contributed by atoms with Crippen LogP contribution < -0.4 is 10.6 Å². The molecule has 4 rings (SSSR count). The van der Waals surface area contributed by atoms with Gasteiger partial charge >= 0.3 is 0 Å². The lowest BCUT2D eigenvalue weighted by Gasteiger charge is -2.31. The summed E-state index contributed by atoms with van der Waals surface area (Å²) < 4.78 is 1.38. The maximum absolute atomic E-state index is 12.9. The minimum Gasteiger partial charge on any atom is -0.389 e. The van der Waals surface area contributed by atoms with Gasteiger partial charge in [-0.2, -0.15) is 5.10 Å². The van der Waals surface area contributed by atoms with Crippen LogP contribution in [0.1, 0.15) is 39.0 Å². The molecule has 0 saturated heterocycles. The Kier molecular flexibility index (Phi) is 5.37. The van der Waals surface area contributed by atoms with Gasteiger partial charge in [-0.05, 0) is 18.1 Å². The van der Waals surface area contributed by atoms with Gasteiger partial charge in [-0.3, -0.25) is 14.3 Å². The van der Waals surface area contributed by atoms with Crippen LogP contribution in [0.5, 0.6) is 0 Å². The molecule has 30 heavy (non-hydrogen) atoms. The molecule has 0 spiro atoms. The van der Waals surface area contributed by atoms with Crippen molar-refractivity contribution in [1.82, 2.24) is 20.4 Å². The maximum atomic E-state index is 12.9. The summed E-state index contributed by atoms with van der Waals surface area (Å²) in [5.41, 5.74) is 2.14. The summed E-state index contributed by atoms with van der Waals surface area (Å²) in [6.45, 7) is 2.77. The highest BCUT2D eigenvalue weighted by Gasteiger charge is 2.30. The molecule has 1 aliphatic heterocycles. The lowest BCUT2D eigenvalue weighted by Crippen LogP contribution is -2.39. The van der Waals surface area contributed by atoms with Crippen LogP contribution in [0.15, 0.2) is 66.7 Å². The van der Waals surface area contributed by atoms with Crippen LogP contribution in [0, 0.1) is 0 Å². The summed E-state index contributed by atoms with van der Waals surface area (Å²) in [7, 11) is 0. The van der Waals surface area contributed by atoms with Gasteiger partial charge in [0, 0.05) is 24.6 Å². The van der Waals surface area contributed by atoms with Crippen molar-refractivity contribution in [3.05, 3.63) is 89.2 Å². The highest BCUT2D eigenvalue weighted by molar-refractivity contribution is 5.98. The van der Waals surface area contributed by atoms with Crippen molar-refractivity contribution < 1.29 is 14.7 Å². The Morgan fingerprint density at radius 2 is 1.77 bits per heavy atom. The van der Waals surface area contributed by atoms with E-state index in [0.29, 0.717) is 6.54 Å². The maximum Gasteiger partial charge on any atom is 0.271 e. The fourth-order valence-electron chi connectivity index (χ4n) is 3.75. The summed E-state index contributed by atoms with van der Waals surface area (Å²) in [6, 6.07) is 21.5.